The predicted molar refractivity (Wildman–Crippen MR) is 104 cm³/mol. The first-order valence-electron chi connectivity index (χ1n) is 8.17. The lowest BCUT2D eigenvalue weighted by atomic mass is 10.2. The van der Waals surface area contributed by atoms with E-state index in [-0.39, 0.29) is 12.3 Å². The Bertz CT molecular complexity index is 927. The Morgan fingerprint density at radius 2 is 1.81 bits per heavy atom. The summed E-state index contributed by atoms with van der Waals surface area (Å²) >= 11 is 1.26. The standard InChI is InChI=1S/C19H18N4O3S/c20-17(24)12-27-16-9-5-4-8-14(16)23-19(25)22-11-18-21-10-15(26-18)13-6-2-1-3-7-13/h1-10H,11-12H2,(H2,20,24)(H2,22,23,25). The molecule has 3 rings (SSSR count). The minimum Gasteiger partial charge on any atom is -0.439 e. The molecular weight excluding hydrogens is 364 g/mol. The normalized spacial score (nSPS) is 10.4. The molecule has 2 aromatic carbocycles. The second-order valence-electron chi connectivity index (χ2n) is 5.54. The highest BCUT2D eigenvalue weighted by atomic mass is 32.2. The van der Waals surface area contributed by atoms with Crippen LogP contribution in [-0.4, -0.2) is 22.7 Å². The van der Waals surface area contributed by atoms with Crippen LogP contribution >= 0.6 is 11.8 Å². The lowest BCUT2D eigenvalue weighted by Gasteiger charge is -2.10. The number of carbonyl (C=O) groups excluding carboxylic acids is 2. The molecule has 3 aromatic rings. The van der Waals surface area contributed by atoms with Gasteiger partial charge in [0.25, 0.3) is 0 Å². The average molecular weight is 382 g/mol. The Hall–Kier alpha value is -3.26. The lowest BCUT2D eigenvalue weighted by molar-refractivity contribution is -0.115. The monoisotopic (exact) mass is 382 g/mol. The molecule has 27 heavy (non-hydrogen) atoms. The first-order valence-corrected chi connectivity index (χ1v) is 9.15. The van der Waals surface area contributed by atoms with Crippen LogP contribution in [0, 0.1) is 0 Å². The first kappa shape index (κ1) is 18.5. The maximum absolute atomic E-state index is 12.2. The van der Waals surface area contributed by atoms with Crippen LogP contribution in [0.3, 0.4) is 0 Å². The third kappa shape index (κ3) is 5.35. The molecule has 0 unspecified atom stereocenters. The van der Waals surface area contributed by atoms with Crippen molar-refractivity contribution in [3.63, 3.8) is 0 Å². The molecule has 0 aliphatic carbocycles. The maximum Gasteiger partial charge on any atom is 0.319 e. The topological polar surface area (TPSA) is 110 Å². The van der Waals surface area contributed by atoms with E-state index in [9.17, 15) is 9.59 Å². The van der Waals surface area contributed by atoms with Gasteiger partial charge in [-0.25, -0.2) is 9.78 Å². The lowest BCUT2D eigenvalue weighted by Crippen LogP contribution is -2.28. The molecule has 0 radical (unpaired) electrons. The molecule has 0 atom stereocenters. The summed E-state index contributed by atoms with van der Waals surface area (Å²) in [5.41, 5.74) is 6.68. The number of nitrogens with one attached hydrogen (secondary N) is 2. The van der Waals surface area contributed by atoms with E-state index in [0.717, 1.165) is 10.5 Å². The van der Waals surface area contributed by atoms with Crippen LogP contribution in [0.25, 0.3) is 11.3 Å². The molecule has 3 amide bonds. The Balaban J connectivity index is 1.56. The number of nitrogens with two attached hydrogens (primary N) is 1. The highest BCUT2D eigenvalue weighted by molar-refractivity contribution is 8.00. The summed E-state index contributed by atoms with van der Waals surface area (Å²) in [6.45, 7) is 0.148. The number of amides is 3. The molecule has 0 fully saturated rings. The number of benzene rings is 2. The van der Waals surface area contributed by atoms with Crippen molar-refractivity contribution in [2.45, 2.75) is 11.4 Å². The van der Waals surface area contributed by atoms with Gasteiger partial charge in [-0.3, -0.25) is 4.79 Å². The average Bonchev–Trinajstić information content (AvgIpc) is 3.15. The van der Waals surface area contributed by atoms with Gasteiger partial charge in [0, 0.05) is 10.5 Å². The number of anilines is 1. The Morgan fingerprint density at radius 3 is 2.59 bits per heavy atom. The van der Waals surface area contributed by atoms with E-state index >= 15 is 0 Å². The fourth-order valence-electron chi connectivity index (χ4n) is 2.29. The minimum absolute atomic E-state index is 0.138. The van der Waals surface area contributed by atoms with E-state index in [1.165, 1.54) is 11.8 Å². The quantitative estimate of drug-likeness (QED) is 0.543. The molecule has 0 bridgehead atoms. The zero-order chi connectivity index (χ0) is 19.1. The van der Waals surface area contributed by atoms with Crippen molar-refractivity contribution < 1.29 is 14.0 Å². The summed E-state index contributed by atoms with van der Waals surface area (Å²) in [4.78, 5) is 28.0. The Labute approximate surface area is 160 Å². The number of aromatic nitrogens is 1. The van der Waals surface area contributed by atoms with Gasteiger partial charge in [0.05, 0.1) is 24.2 Å². The molecule has 1 aromatic heterocycles. The van der Waals surface area contributed by atoms with Crippen molar-refractivity contribution in [2.24, 2.45) is 5.73 Å². The number of primary amides is 1. The van der Waals surface area contributed by atoms with Gasteiger partial charge in [-0.15, -0.1) is 11.8 Å². The van der Waals surface area contributed by atoms with Gasteiger partial charge in [-0.2, -0.15) is 0 Å². The number of para-hydroxylation sites is 1. The minimum atomic E-state index is -0.419. The van der Waals surface area contributed by atoms with Gasteiger partial charge in [0.15, 0.2) is 5.76 Å². The maximum atomic E-state index is 12.2. The Morgan fingerprint density at radius 1 is 1.07 bits per heavy atom. The smallest absolute Gasteiger partial charge is 0.319 e. The number of hydrogen-bond acceptors (Lipinski definition) is 5. The summed E-state index contributed by atoms with van der Waals surface area (Å²) in [7, 11) is 0. The van der Waals surface area contributed by atoms with Crippen molar-refractivity contribution in [3.8, 4) is 11.3 Å². The molecule has 0 aliphatic rings. The number of carbonyl (C=O) groups is 2. The highest BCUT2D eigenvalue weighted by Crippen LogP contribution is 2.26. The van der Waals surface area contributed by atoms with Gasteiger partial charge >= 0.3 is 6.03 Å². The molecule has 8 heteroatoms. The molecule has 0 aliphatic heterocycles. The number of oxazole rings is 1. The van der Waals surface area contributed by atoms with E-state index in [0.29, 0.717) is 17.3 Å². The zero-order valence-corrected chi connectivity index (χ0v) is 15.2. The zero-order valence-electron chi connectivity index (χ0n) is 14.3. The second-order valence-corrected chi connectivity index (χ2v) is 6.56. The van der Waals surface area contributed by atoms with Crippen molar-refractivity contribution in [2.75, 3.05) is 11.1 Å². The summed E-state index contributed by atoms with van der Waals surface area (Å²) in [6.07, 6.45) is 1.63. The summed E-state index contributed by atoms with van der Waals surface area (Å²) < 4.78 is 5.65. The van der Waals surface area contributed by atoms with Crippen molar-refractivity contribution in [3.05, 3.63) is 66.7 Å². The van der Waals surface area contributed by atoms with Gasteiger partial charge < -0.3 is 20.8 Å². The highest BCUT2D eigenvalue weighted by Gasteiger charge is 2.10. The molecule has 0 saturated heterocycles. The van der Waals surface area contributed by atoms with Crippen molar-refractivity contribution in [1.29, 1.82) is 0 Å². The fourth-order valence-corrected chi connectivity index (χ4v) is 3.04. The molecule has 0 saturated carbocycles. The molecular formula is C19H18N4O3S. The molecule has 1 heterocycles. The number of rotatable bonds is 7. The van der Waals surface area contributed by atoms with E-state index in [1.807, 2.05) is 42.5 Å². The van der Waals surface area contributed by atoms with E-state index in [4.69, 9.17) is 10.2 Å². The van der Waals surface area contributed by atoms with Crippen LogP contribution in [-0.2, 0) is 11.3 Å². The summed E-state index contributed by atoms with van der Waals surface area (Å²) in [5.74, 6) is 0.762. The van der Waals surface area contributed by atoms with Crippen LogP contribution in [0.2, 0.25) is 0 Å². The van der Waals surface area contributed by atoms with E-state index < -0.39 is 11.9 Å². The predicted octanol–water partition coefficient (Wildman–Crippen LogP) is 3.24. The molecule has 4 N–H and O–H groups in total. The van der Waals surface area contributed by atoms with Gasteiger partial charge in [-0.1, -0.05) is 42.5 Å². The van der Waals surface area contributed by atoms with E-state index in [1.54, 1.807) is 18.3 Å². The van der Waals surface area contributed by atoms with Gasteiger partial charge in [-0.05, 0) is 12.1 Å². The van der Waals surface area contributed by atoms with Crippen molar-refractivity contribution in [1.82, 2.24) is 10.3 Å². The van der Waals surface area contributed by atoms with E-state index in [2.05, 4.69) is 15.6 Å². The molecule has 0 spiro atoms. The fraction of sp³-hybridized carbons (Fsp3) is 0.105. The van der Waals surface area contributed by atoms with Gasteiger partial charge in [0.2, 0.25) is 11.8 Å². The van der Waals surface area contributed by atoms with Crippen LogP contribution in [0.1, 0.15) is 5.89 Å². The largest absolute Gasteiger partial charge is 0.439 e. The van der Waals surface area contributed by atoms with Crippen LogP contribution < -0.4 is 16.4 Å². The molecule has 138 valence electrons. The number of urea groups is 1. The summed E-state index contributed by atoms with van der Waals surface area (Å²) in [5, 5.41) is 5.45. The first-order chi connectivity index (χ1) is 13.1. The summed E-state index contributed by atoms with van der Waals surface area (Å²) in [6, 6.07) is 16.4. The molecule has 7 nitrogen and oxygen atoms in total. The van der Waals surface area contributed by atoms with Crippen LogP contribution in [0.5, 0.6) is 0 Å². The third-order valence-electron chi connectivity index (χ3n) is 3.52. The number of thioether (sulfide) groups is 1. The van der Waals surface area contributed by atoms with Crippen LogP contribution in [0.4, 0.5) is 10.5 Å². The van der Waals surface area contributed by atoms with Crippen molar-refractivity contribution >= 4 is 29.4 Å². The van der Waals surface area contributed by atoms with Gasteiger partial charge in [0.1, 0.15) is 0 Å². The number of hydrogen-bond donors (Lipinski definition) is 3. The second kappa shape index (κ2) is 8.91. The third-order valence-corrected chi connectivity index (χ3v) is 4.61. The SMILES string of the molecule is NC(=O)CSc1ccccc1NC(=O)NCc1ncc(-c2ccccc2)o1. The Kier molecular flexibility index (Phi) is 6.11. The number of nitrogens with zero attached hydrogens (tertiary/aromatic N) is 1. The van der Waals surface area contributed by atoms with Crippen LogP contribution in [0.15, 0.2) is 70.1 Å².